The molecule has 0 radical (unpaired) electrons. The van der Waals surface area contributed by atoms with Crippen LogP contribution in [0.15, 0.2) is 29.6 Å². The number of thioether (sulfide) groups is 1. The van der Waals surface area contributed by atoms with Gasteiger partial charge in [0.05, 0.1) is 5.75 Å². The molecule has 1 saturated heterocycles. The summed E-state index contributed by atoms with van der Waals surface area (Å²) in [5.41, 5.74) is 1.38. The molecule has 2 aromatic heterocycles. The van der Waals surface area contributed by atoms with Crippen LogP contribution in [0.4, 0.5) is 10.8 Å². The second kappa shape index (κ2) is 8.88. The summed E-state index contributed by atoms with van der Waals surface area (Å²) in [4.78, 5) is 28.3. The molecule has 2 aliphatic heterocycles. The first kappa shape index (κ1) is 20.3. The first-order valence-electron chi connectivity index (χ1n) is 10.3. The fourth-order valence-corrected chi connectivity index (χ4v) is 5.70. The van der Waals surface area contributed by atoms with Crippen molar-refractivity contribution in [2.24, 2.45) is 5.92 Å². The van der Waals surface area contributed by atoms with Crippen molar-refractivity contribution >= 4 is 50.2 Å². The van der Waals surface area contributed by atoms with E-state index < -0.39 is 0 Å². The Bertz CT molecular complexity index is 1110. The van der Waals surface area contributed by atoms with Gasteiger partial charge in [-0.1, -0.05) is 30.0 Å². The molecule has 0 saturated carbocycles. The number of thiazole rings is 1. The topological polar surface area (TPSA) is 89.5 Å². The standard InChI is InChI=1S/C21H23N5O3S2/c1-13-3-2-6-26(10-13)21-25-19-18(31-21)20(23-12-22-19)30-11-17(27)24-14-4-5-15-16(9-14)29-8-7-28-15/h4-5,9,12-13H,2-3,6-8,10-11H2,1H3,(H,24,27). The minimum atomic E-state index is -0.108. The minimum absolute atomic E-state index is 0.108. The van der Waals surface area contributed by atoms with E-state index >= 15 is 0 Å². The average Bonchev–Trinajstić information content (AvgIpc) is 3.23. The van der Waals surface area contributed by atoms with Crippen LogP contribution in [0.25, 0.3) is 10.3 Å². The van der Waals surface area contributed by atoms with Gasteiger partial charge >= 0.3 is 0 Å². The zero-order valence-electron chi connectivity index (χ0n) is 17.2. The van der Waals surface area contributed by atoms with E-state index in [-0.39, 0.29) is 11.7 Å². The van der Waals surface area contributed by atoms with Crippen molar-refractivity contribution in [3.8, 4) is 11.5 Å². The lowest BCUT2D eigenvalue weighted by Crippen LogP contribution is -2.34. The Hall–Kier alpha value is -2.59. The molecule has 162 valence electrons. The Balaban J connectivity index is 1.25. The highest BCUT2D eigenvalue weighted by molar-refractivity contribution is 8.00. The van der Waals surface area contributed by atoms with Crippen LogP contribution in [-0.2, 0) is 4.79 Å². The maximum atomic E-state index is 12.5. The van der Waals surface area contributed by atoms with Gasteiger partial charge in [-0.25, -0.2) is 9.97 Å². The normalized spacial score (nSPS) is 18.2. The van der Waals surface area contributed by atoms with Crippen LogP contribution in [0, 0.1) is 5.92 Å². The van der Waals surface area contributed by atoms with Gasteiger partial charge in [0, 0.05) is 24.8 Å². The van der Waals surface area contributed by atoms with E-state index in [1.54, 1.807) is 17.4 Å². The number of hydrogen-bond acceptors (Lipinski definition) is 9. The van der Waals surface area contributed by atoms with Gasteiger partial charge in [-0.15, -0.1) is 0 Å². The van der Waals surface area contributed by atoms with E-state index in [4.69, 9.17) is 14.5 Å². The number of anilines is 2. The Labute approximate surface area is 188 Å². The maximum Gasteiger partial charge on any atom is 0.234 e. The van der Waals surface area contributed by atoms with Crippen molar-refractivity contribution in [1.29, 1.82) is 0 Å². The van der Waals surface area contributed by atoms with Crippen LogP contribution in [0.2, 0.25) is 0 Å². The second-order valence-electron chi connectivity index (χ2n) is 7.72. The van der Waals surface area contributed by atoms with Crippen LogP contribution in [0.3, 0.4) is 0 Å². The van der Waals surface area contributed by atoms with E-state index in [2.05, 4.69) is 27.1 Å². The number of carbonyl (C=O) groups excluding carboxylic acids is 1. The lowest BCUT2D eigenvalue weighted by molar-refractivity contribution is -0.113. The van der Waals surface area contributed by atoms with Gasteiger partial charge in [0.1, 0.15) is 29.3 Å². The molecule has 5 rings (SSSR count). The first-order chi connectivity index (χ1) is 15.2. The van der Waals surface area contributed by atoms with E-state index in [1.807, 2.05) is 12.1 Å². The van der Waals surface area contributed by atoms with Crippen LogP contribution >= 0.6 is 23.1 Å². The highest BCUT2D eigenvalue weighted by Crippen LogP contribution is 2.36. The molecule has 1 amide bonds. The minimum Gasteiger partial charge on any atom is -0.486 e. The van der Waals surface area contributed by atoms with Gasteiger partial charge in [-0.05, 0) is 30.9 Å². The smallest absolute Gasteiger partial charge is 0.234 e. The number of amides is 1. The molecule has 4 heterocycles. The summed E-state index contributed by atoms with van der Waals surface area (Å²) in [6, 6.07) is 5.41. The third-order valence-corrected chi connectivity index (χ3v) is 7.47. The third-order valence-electron chi connectivity index (χ3n) is 5.24. The summed E-state index contributed by atoms with van der Waals surface area (Å²) < 4.78 is 12.0. The molecular weight excluding hydrogens is 434 g/mol. The molecular formula is C21H23N5O3S2. The van der Waals surface area contributed by atoms with E-state index in [1.165, 1.54) is 30.9 Å². The summed E-state index contributed by atoms with van der Waals surface area (Å²) in [6.45, 7) is 5.38. The number of hydrogen-bond donors (Lipinski definition) is 1. The SMILES string of the molecule is CC1CCCN(c2nc3ncnc(SCC(=O)Nc4ccc5c(c4)OCCO5)c3s2)C1. The van der Waals surface area contributed by atoms with Crippen molar-refractivity contribution in [3.05, 3.63) is 24.5 Å². The summed E-state index contributed by atoms with van der Waals surface area (Å²) in [5, 5.41) is 4.69. The Kier molecular flexibility index (Phi) is 5.82. The molecule has 1 atom stereocenters. The van der Waals surface area contributed by atoms with Gasteiger partial charge in [0.2, 0.25) is 5.91 Å². The average molecular weight is 458 g/mol. The van der Waals surface area contributed by atoms with Crippen LogP contribution < -0.4 is 19.7 Å². The molecule has 0 aliphatic carbocycles. The van der Waals surface area contributed by atoms with E-state index in [9.17, 15) is 4.79 Å². The van der Waals surface area contributed by atoms with Crippen LogP contribution in [0.5, 0.6) is 11.5 Å². The Morgan fingerprint density at radius 3 is 3.03 bits per heavy atom. The molecule has 2 aliphatic rings. The zero-order chi connectivity index (χ0) is 21.2. The zero-order valence-corrected chi connectivity index (χ0v) is 18.8. The molecule has 1 unspecified atom stereocenters. The number of nitrogens with one attached hydrogen (secondary N) is 1. The Morgan fingerprint density at radius 2 is 2.16 bits per heavy atom. The quantitative estimate of drug-likeness (QED) is 0.457. The third kappa shape index (κ3) is 4.54. The van der Waals surface area contributed by atoms with Crippen molar-refractivity contribution in [3.63, 3.8) is 0 Å². The van der Waals surface area contributed by atoms with Crippen LogP contribution in [0.1, 0.15) is 19.8 Å². The summed E-state index contributed by atoms with van der Waals surface area (Å²) in [5.74, 6) is 2.16. The number of piperidine rings is 1. The summed E-state index contributed by atoms with van der Waals surface area (Å²) in [7, 11) is 0. The molecule has 3 aromatic rings. The number of rotatable bonds is 5. The van der Waals surface area contributed by atoms with Gasteiger partial charge < -0.3 is 19.7 Å². The fourth-order valence-electron chi connectivity index (χ4n) is 3.78. The highest BCUT2D eigenvalue weighted by Gasteiger charge is 2.21. The van der Waals surface area contributed by atoms with Gasteiger partial charge in [-0.2, -0.15) is 4.98 Å². The summed E-state index contributed by atoms with van der Waals surface area (Å²) in [6.07, 6.45) is 3.97. The predicted molar refractivity (Wildman–Crippen MR) is 123 cm³/mol. The van der Waals surface area contributed by atoms with Crippen molar-refractivity contribution in [2.45, 2.75) is 24.8 Å². The lowest BCUT2D eigenvalue weighted by atomic mass is 10.0. The Morgan fingerprint density at radius 1 is 1.29 bits per heavy atom. The fraction of sp³-hybridized carbons (Fsp3) is 0.429. The molecule has 8 nitrogen and oxygen atoms in total. The number of benzene rings is 1. The van der Waals surface area contributed by atoms with Gasteiger partial charge in [-0.3, -0.25) is 4.79 Å². The number of nitrogens with zero attached hydrogens (tertiary/aromatic N) is 4. The second-order valence-corrected chi connectivity index (χ2v) is 9.66. The molecule has 0 spiro atoms. The number of ether oxygens (including phenoxy) is 2. The molecule has 1 fully saturated rings. The van der Waals surface area contributed by atoms with E-state index in [0.29, 0.717) is 42.0 Å². The number of carbonyl (C=O) groups is 1. The van der Waals surface area contributed by atoms with Crippen molar-refractivity contribution in [1.82, 2.24) is 15.0 Å². The summed E-state index contributed by atoms with van der Waals surface area (Å²) >= 11 is 3.01. The van der Waals surface area contributed by atoms with E-state index in [0.717, 1.165) is 27.9 Å². The van der Waals surface area contributed by atoms with Crippen LogP contribution in [-0.4, -0.2) is 52.9 Å². The molecule has 1 aromatic carbocycles. The molecule has 10 heteroatoms. The first-order valence-corrected chi connectivity index (χ1v) is 12.1. The molecule has 31 heavy (non-hydrogen) atoms. The van der Waals surface area contributed by atoms with Crippen molar-refractivity contribution in [2.75, 3.05) is 42.3 Å². The van der Waals surface area contributed by atoms with Gasteiger partial charge in [0.15, 0.2) is 22.3 Å². The predicted octanol–water partition coefficient (Wildman–Crippen LogP) is 3.82. The monoisotopic (exact) mass is 457 g/mol. The largest absolute Gasteiger partial charge is 0.486 e. The molecule has 0 bridgehead atoms. The lowest BCUT2D eigenvalue weighted by Gasteiger charge is -2.30. The number of fused-ring (bicyclic) bond motifs is 2. The van der Waals surface area contributed by atoms with Gasteiger partial charge in [0.25, 0.3) is 0 Å². The highest BCUT2D eigenvalue weighted by atomic mass is 32.2. The van der Waals surface area contributed by atoms with Crippen molar-refractivity contribution < 1.29 is 14.3 Å². The molecule has 1 N–H and O–H groups in total. The maximum absolute atomic E-state index is 12.5. The number of aromatic nitrogens is 3.